The maximum absolute atomic E-state index is 4.50. The first-order valence-electron chi connectivity index (χ1n) is 11.1. The number of aromatic amines is 1. The highest BCUT2D eigenvalue weighted by Gasteiger charge is 2.26. The lowest BCUT2D eigenvalue weighted by atomic mass is 9.97. The van der Waals surface area contributed by atoms with Crippen molar-refractivity contribution in [1.82, 2.24) is 25.5 Å². The first-order chi connectivity index (χ1) is 15.2. The molecule has 0 aliphatic carbocycles. The van der Waals surface area contributed by atoms with Crippen molar-refractivity contribution in [3.63, 3.8) is 0 Å². The summed E-state index contributed by atoms with van der Waals surface area (Å²) in [5, 5.41) is 6.99. The van der Waals surface area contributed by atoms with Gasteiger partial charge in [0.1, 0.15) is 5.82 Å². The van der Waals surface area contributed by atoms with E-state index in [1.165, 1.54) is 5.56 Å². The fourth-order valence-corrected chi connectivity index (χ4v) is 4.18. The molecule has 7 heteroatoms. The molecule has 3 aromatic rings. The summed E-state index contributed by atoms with van der Waals surface area (Å²) in [5.41, 5.74) is 3.55. The minimum absolute atomic E-state index is 0. The Morgan fingerprint density at radius 1 is 1.12 bits per heavy atom. The van der Waals surface area contributed by atoms with E-state index in [4.69, 9.17) is 0 Å². The fraction of sp³-hybridized carbons (Fsp3) is 0.360. The number of aliphatic imine (C=N–C) groups is 1. The smallest absolute Gasteiger partial charge is 0.191 e. The fourth-order valence-electron chi connectivity index (χ4n) is 4.18. The molecule has 0 bridgehead atoms. The molecule has 2 heterocycles. The van der Waals surface area contributed by atoms with E-state index in [0.29, 0.717) is 18.6 Å². The molecule has 6 nitrogen and oxygen atoms in total. The third kappa shape index (κ3) is 6.56. The first kappa shape index (κ1) is 24.3. The van der Waals surface area contributed by atoms with E-state index in [1.54, 1.807) is 0 Å². The van der Waals surface area contributed by atoms with Gasteiger partial charge in [-0.25, -0.2) is 4.98 Å². The molecule has 32 heavy (non-hydrogen) atoms. The molecule has 4 rings (SSSR count). The number of hydrogen-bond acceptors (Lipinski definition) is 3. The summed E-state index contributed by atoms with van der Waals surface area (Å²) < 4.78 is 0. The predicted molar refractivity (Wildman–Crippen MR) is 142 cm³/mol. The monoisotopic (exact) mass is 544 g/mol. The van der Waals surface area contributed by atoms with Gasteiger partial charge in [0.25, 0.3) is 0 Å². The van der Waals surface area contributed by atoms with Gasteiger partial charge in [-0.3, -0.25) is 9.89 Å². The van der Waals surface area contributed by atoms with Crippen molar-refractivity contribution in [3.05, 3.63) is 78.2 Å². The number of benzene rings is 2. The van der Waals surface area contributed by atoms with Crippen molar-refractivity contribution in [2.75, 3.05) is 13.6 Å². The average Bonchev–Trinajstić information content (AvgIpc) is 3.29. The molecule has 0 amide bonds. The van der Waals surface area contributed by atoms with Gasteiger partial charge in [-0.2, -0.15) is 0 Å². The van der Waals surface area contributed by atoms with Crippen molar-refractivity contribution in [2.45, 2.75) is 44.9 Å². The van der Waals surface area contributed by atoms with E-state index in [2.05, 4.69) is 79.9 Å². The molecule has 0 saturated carbocycles. The third-order valence-corrected chi connectivity index (χ3v) is 5.94. The number of piperidine rings is 1. The van der Waals surface area contributed by atoms with Gasteiger partial charge < -0.3 is 15.6 Å². The van der Waals surface area contributed by atoms with E-state index < -0.39 is 0 Å². The highest BCUT2D eigenvalue weighted by molar-refractivity contribution is 14.0. The molecule has 0 radical (unpaired) electrons. The molecule has 3 N–H and O–H groups in total. The first-order valence-corrected chi connectivity index (χ1v) is 11.1. The number of aromatic nitrogens is 2. The summed E-state index contributed by atoms with van der Waals surface area (Å²) in [6, 6.07) is 21.9. The molecular weight excluding hydrogens is 511 g/mol. The van der Waals surface area contributed by atoms with Crippen molar-refractivity contribution in [3.8, 4) is 11.3 Å². The third-order valence-electron chi connectivity index (χ3n) is 5.94. The lowest BCUT2D eigenvalue weighted by Crippen LogP contribution is -2.51. The van der Waals surface area contributed by atoms with Crippen LogP contribution in [0, 0.1) is 0 Å². The van der Waals surface area contributed by atoms with Gasteiger partial charge >= 0.3 is 0 Å². The van der Waals surface area contributed by atoms with Gasteiger partial charge in [0.2, 0.25) is 0 Å². The van der Waals surface area contributed by atoms with Gasteiger partial charge in [0, 0.05) is 32.2 Å². The summed E-state index contributed by atoms with van der Waals surface area (Å²) in [6.07, 6.45) is 4.09. The molecular formula is C25H33IN6. The highest BCUT2D eigenvalue weighted by atomic mass is 127. The van der Waals surface area contributed by atoms with Crippen LogP contribution in [0.25, 0.3) is 11.3 Å². The Hall–Kier alpha value is -2.39. The number of nitrogens with zero attached hydrogens (tertiary/aromatic N) is 3. The summed E-state index contributed by atoms with van der Waals surface area (Å²) in [6.45, 7) is 5.03. The van der Waals surface area contributed by atoms with Crippen molar-refractivity contribution >= 4 is 29.9 Å². The Bertz CT molecular complexity index is 972. The topological polar surface area (TPSA) is 68.3 Å². The van der Waals surface area contributed by atoms with Crippen LogP contribution in [0.1, 0.15) is 31.2 Å². The van der Waals surface area contributed by atoms with Crippen LogP contribution in [0.15, 0.2) is 71.9 Å². The van der Waals surface area contributed by atoms with Crippen LogP contribution in [0.3, 0.4) is 0 Å². The van der Waals surface area contributed by atoms with Crippen LogP contribution in [-0.4, -0.2) is 46.5 Å². The number of halogens is 1. The molecule has 2 unspecified atom stereocenters. The van der Waals surface area contributed by atoms with Crippen LogP contribution >= 0.6 is 24.0 Å². The Balaban J connectivity index is 0.00000289. The zero-order valence-electron chi connectivity index (χ0n) is 18.8. The molecule has 1 aliphatic rings. The Morgan fingerprint density at radius 3 is 2.53 bits per heavy atom. The van der Waals surface area contributed by atoms with Crippen LogP contribution in [0.2, 0.25) is 0 Å². The van der Waals surface area contributed by atoms with E-state index in [0.717, 1.165) is 49.0 Å². The normalized spacial score (nSPS) is 19.2. The highest BCUT2D eigenvalue weighted by Crippen LogP contribution is 2.20. The van der Waals surface area contributed by atoms with Gasteiger partial charge in [-0.05, 0) is 30.9 Å². The Labute approximate surface area is 208 Å². The number of rotatable bonds is 6. The second kappa shape index (κ2) is 12.0. The van der Waals surface area contributed by atoms with Crippen molar-refractivity contribution in [2.24, 2.45) is 4.99 Å². The van der Waals surface area contributed by atoms with E-state index in [-0.39, 0.29) is 24.0 Å². The molecule has 1 fully saturated rings. The van der Waals surface area contributed by atoms with Crippen LogP contribution in [0.4, 0.5) is 0 Å². The Morgan fingerprint density at radius 2 is 1.84 bits per heavy atom. The maximum Gasteiger partial charge on any atom is 0.191 e. The average molecular weight is 544 g/mol. The second-order valence-corrected chi connectivity index (χ2v) is 8.21. The number of imidazole rings is 1. The van der Waals surface area contributed by atoms with E-state index in [1.807, 2.05) is 31.4 Å². The Kier molecular flexibility index (Phi) is 9.11. The van der Waals surface area contributed by atoms with Gasteiger partial charge in [0.15, 0.2) is 5.96 Å². The number of H-pyrrole nitrogens is 1. The number of likely N-dealkylation sites (tertiary alicyclic amines) is 1. The van der Waals surface area contributed by atoms with Gasteiger partial charge in [-0.1, -0.05) is 60.7 Å². The van der Waals surface area contributed by atoms with Crippen LogP contribution in [-0.2, 0) is 13.1 Å². The largest absolute Gasteiger partial charge is 0.354 e. The molecule has 1 aliphatic heterocycles. The zero-order valence-corrected chi connectivity index (χ0v) is 21.1. The molecule has 2 aromatic carbocycles. The second-order valence-electron chi connectivity index (χ2n) is 8.21. The van der Waals surface area contributed by atoms with Gasteiger partial charge in [0.05, 0.1) is 18.4 Å². The van der Waals surface area contributed by atoms with E-state index >= 15 is 0 Å². The summed E-state index contributed by atoms with van der Waals surface area (Å²) in [7, 11) is 1.82. The number of hydrogen-bond donors (Lipinski definition) is 3. The predicted octanol–water partition coefficient (Wildman–Crippen LogP) is 4.41. The van der Waals surface area contributed by atoms with Crippen LogP contribution in [0.5, 0.6) is 0 Å². The maximum atomic E-state index is 4.50. The zero-order chi connectivity index (χ0) is 21.5. The molecule has 2 atom stereocenters. The number of guanidine groups is 1. The van der Waals surface area contributed by atoms with E-state index in [9.17, 15) is 0 Å². The minimum Gasteiger partial charge on any atom is -0.354 e. The molecule has 1 aromatic heterocycles. The lowest BCUT2D eigenvalue weighted by molar-refractivity contribution is 0.134. The molecule has 1 saturated heterocycles. The molecule has 0 spiro atoms. The minimum atomic E-state index is 0. The van der Waals surface area contributed by atoms with Crippen LogP contribution < -0.4 is 10.6 Å². The number of nitrogens with one attached hydrogen (secondary N) is 3. The lowest BCUT2D eigenvalue weighted by Gasteiger charge is -2.38. The quantitative estimate of drug-likeness (QED) is 0.244. The standard InChI is InChI=1S/C25H32N6.HI/c1-19-15-22(13-14-31(19)18-20-9-5-3-6-10-20)29-25(26-2)28-17-24-27-16-23(30-24)21-11-7-4-8-12-21;/h3-12,16,19,22H,13-15,17-18H2,1-2H3,(H,27,30)(H2,26,28,29);1H. The molecule has 170 valence electrons. The van der Waals surface area contributed by atoms with Gasteiger partial charge in [-0.15, -0.1) is 24.0 Å². The summed E-state index contributed by atoms with van der Waals surface area (Å²) in [5.74, 6) is 1.72. The van der Waals surface area contributed by atoms with Crippen molar-refractivity contribution < 1.29 is 0 Å². The summed E-state index contributed by atoms with van der Waals surface area (Å²) >= 11 is 0. The van der Waals surface area contributed by atoms with Crippen molar-refractivity contribution in [1.29, 1.82) is 0 Å². The SMILES string of the molecule is CN=C(NCc1ncc(-c2ccccc2)[nH]1)NC1CCN(Cc2ccccc2)C(C)C1.I. The summed E-state index contributed by atoms with van der Waals surface area (Å²) in [4.78, 5) is 14.9.